The average molecular weight is 392 g/mol. The van der Waals surface area contributed by atoms with Crippen molar-refractivity contribution in [3.63, 3.8) is 0 Å². The fourth-order valence-electron chi connectivity index (χ4n) is 3.84. The van der Waals surface area contributed by atoms with Gasteiger partial charge in [-0.25, -0.2) is 9.78 Å². The van der Waals surface area contributed by atoms with E-state index >= 15 is 0 Å². The molecule has 150 valence electrons. The highest BCUT2D eigenvalue weighted by Crippen LogP contribution is 2.21. The summed E-state index contributed by atoms with van der Waals surface area (Å²) >= 11 is 0. The van der Waals surface area contributed by atoms with Gasteiger partial charge in [-0.3, -0.25) is 9.20 Å². The van der Waals surface area contributed by atoms with E-state index in [2.05, 4.69) is 10.2 Å². The summed E-state index contributed by atoms with van der Waals surface area (Å²) in [4.78, 5) is 31.2. The van der Waals surface area contributed by atoms with Crippen LogP contribution < -0.4 is 15.8 Å². The number of hydrogen-bond donors (Lipinski definition) is 2. The molecule has 4 rings (SSSR count). The molecule has 0 bridgehead atoms. The van der Waals surface area contributed by atoms with Crippen molar-refractivity contribution in [1.82, 2.24) is 9.38 Å². The molecule has 1 aromatic carbocycles. The van der Waals surface area contributed by atoms with Gasteiger partial charge >= 0.3 is 5.97 Å². The molecule has 1 fully saturated rings. The van der Waals surface area contributed by atoms with Crippen molar-refractivity contribution in [2.24, 2.45) is 0 Å². The van der Waals surface area contributed by atoms with Gasteiger partial charge in [-0.2, -0.15) is 0 Å². The van der Waals surface area contributed by atoms with Crippen LogP contribution in [0.15, 0.2) is 47.4 Å². The smallest absolute Gasteiger partial charge is 0.337 e. The van der Waals surface area contributed by atoms with Crippen LogP contribution >= 0.6 is 0 Å². The molecule has 0 aliphatic carbocycles. The number of rotatable bonds is 5. The number of carbonyl (C=O) groups is 1. The highest BCUT2D eigenvalue weighted by Gasteiger charge is 2.16. The summed E-state index contributed by atoms with van der Waals surface area (Å²) in [7, 11) is 0. The number of aryl methyl sites for hydroxylation is 1. The molecule has 0 saturated carbocycles. The first-order valence-electron chi connectivity index (χ1n) is 9.87. The fourth-order valence-corrected chi connectivity index (χ4v) is 3.84. The summed E-state index contributed by atoms with van der Waals surface area (Å²) in [6.07, 6.45) is 5.21. The van der Waals surface area contributed by atoms with E-state index in [0.29, 0.717) is 23.7 Å². The van der Waals surface area contributed by atoms with Gasteiger partial charge in [-0.1, -0.05) is 12.1 Å². The molecule has 1 aliphatic rings. The van der Waals surface area contributed by atoms with Crippen molar-refractivity contribution in [3.8, 4) is 0 Å². The van der Waals surface area contributed by atoms with Gasteiger partial charge in [0.05, 0.1) is 5.56 Å². The second-order valence-electron chi connectivity index (χ2n) is 7.44. The normalized spacial score (nSPS) is 14.2. The van der Waals surface area contributed by atoms with Crippen LogP contribution in [0.25, 0.3) is 5.65 Å². The van der Waals surface area contributed by atoms with Crippen LogP contribution in [0.1, 0.15) is 40.7 Å². The lowest BCUT2D eigenvalue weighted by molar-refractivity contribution is 0.0698. The third-order valence-corrected chi connectivity index (χ3v) is 5.27. The van der Waals surface area contributed by atoms with E-state index in [1.165, 1.54) is 6.42 Å². The van der Waals surface area contributed by atoms with Crippen molar-refractivity contribution < 1.29 is 9.90 Å². The first-order chi connectivity index (χ1) is 14.0. The Morgan fingerprint density at radius 2 is 1.93 bits per heavy atom. The predicted molar refractivity (Wildman–Crippen MR) is 113 cm³/mol. The van der Waals surface area contributed by atoms with Gasteiger partial charge in [0.25, 0.3) is 5.56 Å². The lowest BCUT2D eigenvalue weighted by atomic mass is 10.1. The third kappa shape index (κ3) is 3.94. The number of nitrogens with zero attached hydrogens (tertiary/aromatic N) is 3. The van der Waals surface area contributed by atoms with Gasteiger partial charge in [-0.05, 0) is 49.9 Å². The van der Waals surface area contributed by atoms with Crippen LogP contribution in [-0.4, -0.2) is 33.6 Å². The summed E-state index contributed by atoms with van der Waals surface area (Å²) in [5, 5.41) is 12.6. The summed E-state index contributed by atoms with van der Waals surface area (Å²) < 4.78 is 1.57. The maximum atomic E-state index is 12.8. The van der Waals surface area contributed by atoms with Gasteiger partial charge in [0.1, 0.15) is 11.5 Å². The summed E-state index contributed by atoms with van der Waals surface area (Å²) in [5.41, 5.74) is 3.03. The molecule has 2 aromatic heterocycles. The number of aromatic carboxylic acids is 1. The van der Waals surface area contributed by atoms with Crippen LogP contribution in [0.5, 0.6) is 0 Å². The topological polar surface area (TPSA) is 86.9 Å². The molecule has 3 heterocycles. The van der Waals surface area contributed by atoms with E-state index in [0.717, 1.165) is 37.1 Å². The lowest BCUT2D eigenvalue weighted by Crippen LogP contribution is -2.32. The van der Waals surface area contributed by atoms with Gasteiger partial charge in [0.15, 0.2) is 0 Å². The van der Waals surface area contributed by atoms with Crippen molar-refractivity contribution >= 4 is 23.1 Å². The Kier molecular flexibility index (Phi) is 5.20. The summed E-state index contributed by atoms with van der Waals surface area (Å²) in [6, 6.07) is 10.4. The average Bonchev–Trinajstić information content (AvgIpc) is 2.73. The van der Waals surface area contributed by atoms with E-state index in [4.69, 9.17) is 4.98 Å². The molecule has 1 saturated heterocycles. The fraction of sp³-hybridized carbons (Fsp3) is 0.318. The quantitative estimate of drug-likeness (QED) is 0.693. The lowest BCUT2D eigenvalue weighted by Gasteiger charge is -2.27. The van der Waals surface area contributed by atoms with Crippen LogP contribution in [0.3, 0.4) is 0 Å². The molecule has 0 unspecified atom stereocenters. The number of carboxylic acids is 1. The Hall–Kier alpha value is -3.35. The van der Waals surface area contributed by atoms with Gasteiger partial charge in [0.2, 0.25) is 0 Å². The first-order valence-corrected chi connectivity index (χ1v) is 9.87. The second-order valence-corrected chi connectivity index (χ2v) is 7.44. The molecule has 7 nitrogen and oxygen atoms in total. The SMILES string of the molecule is Cc1cc(CNc2ccccc2C(=O)O)c2nc(N3CCCCC3)cc(=O)n2c1. The van der Waals surface area contributed by atoms with Gasteiger partial charge in [-0.15, -0.1) is 0 Å². The van der Waals surface area contributed by atoms with Crippen molar-refractivity contribution in [2.75, 3.05) is 23.3 Å². The Bertz CT molecular complexity index is 1120. The van der Waals surface area contributed by atoms with E-state index in [1.54, 1.807) is 40.9 Å². The highest BCUT2D eigenvalue weighted by atomic mass is 16.4. The Morgan fingerprint density at radius 3 is 2.69 bits per heavy atom. The molecule has 2 N–H and O–H groups in total. The van der Waals surface area contributed by atoms with Crippen LogP contribution in [-0.2, 0) is 6.54 Å². The van der Waals surface area contributed by atoms with Crippen molar-refractivity contribution in [1.29, 1.82) is 0 Å². The number of fused-ring (bicyclic) bond motifs is 1. The molecule has 0 spiro atoms. The first kappa shape index (κ1) is 19.0. The van der Waals surface area contributed by atoms with Crippen LogP contribution in [0.2, 0.25) is 0 Å². The standard InChI is InChI=1S/C22H24N4O3/c1-15-11-16(13-23-18-8-4-3-7-17(18)22(28)29)21-24-19(12-20(27)26(21)14-15)25-9-5-2-6-10-25/h3-4,7-8,11-12,14,23H,2,5-6,9-10,13H2,1H3,(H,28,29). The Labute approximate surface area is 168 Å². The van der Waals surface area contributed by atoms with Gasteiger partial charge < -0.3 is 15.3 Å². The number of hydrogen-bond acceptors (Lipinski definition) is 5. The maximum Gasteiger partial charge on any atom is 0.337 e. The Morgan fingerprint density at radius 1 is 1.17 bits per heavy atom. The predicted octanol–water partition coefficient (Wildman–Crippen LogP) is 3.30. The minimum absolute atomic E-state index is 0.105. The zero-order valence-corrected chi connectivity index (χ0v) is 16.4. The number of para-hydroxylation sites is 1. The number of benzene rings is 1. The summed E-state index contributed by atoms with van der Waals surface area (Å²) in [5.74, 6) is -0.269. The molecular formula is C22H24N4O3. The second kappa shape index (κ2) is 7.95. The molecule has 7 heteroatoms. The number of carboxylic acid groups (broad SMARTS) is 1. The minimum Gasteiger partial charge on any atom is -0.478 e. The number of piperidine rings is 1. The largest absolute Gasteiger partial charge is 0.478 e. The van der Waals surface area contributed by atoms with Crippen molar-refractivity contribution in [3.05, 3.63) is 69.6 Å². The number of aromatic nitrogens is 2. The summed E-state index contributed by atoms with van der Waals surface area (Å²) in [6.45, 7) is 4.12. The maximum absolute atomic E-state index is 12.8. The number of pyridine rings is 1. The molecule has 29 heavy (non-hydrogen) atoms. The van der Waals surface area contributed by atoms with Gasteiger partial charge in [0, 0.05) is 43.1 Å². The Balaban J connectivity index is 1.72. The van der Waals surface area contributed by atoms with E-state index < -0.39 is 5.97 Å². The molecular weight excluding hydrogens is 368 g/mol. The number of anilines is 2. The highest BCUT2D eigenvalue weighted by molar-refractivity contribution is 5.94. The molecule has 3 aromatic rings. The zero-order chi connectivity index (χ0) is 20.4. The number of nitrogens with one attached hydrogen (secondary N) is 1. The minimum atomic E-state index is -0.982. The molecule has 0 radical (unpaired) electrons. The van der Waals surface area contributed by atoms with Crippen molar-refractivity contribution in [2.45, 2.75) is 32.7 Å². The molecule has 1 aliphatic heterocycles. The van der Waals surface area contributed by atoms with E-state index in [1.807, 2.05) is 13.0 Å². The zero-order valence-electron chi connectivity index (χ0n) is 16.4. The van der Waals surface area contributed by atoms with Crippen LogP contribution in [0, 0.1) is 6.92 Å². The molecule has 0 atom stereocenters. The van der Waals surface area contributed by atoms with E-state index in [9.17, 15) is 14.7 Å². The van der Waals surface area contributed by atoms with E-state index in [-0.39, 0.29) is 11.1 Å². The molecule has 0 amide bonds. The monoisotopic (exact) mass is 392 g/mol. The van der Waals surface area contributed by atoms with Crippen LogP contribution in [0.4, 0.5) is 11.5 Å². The third-order valence-electron chi connectivity index (χ3n) is 5.27.